The molecule has 1 saturated heterocycles. The fourth-order valence-corrected chi connectivity index (χ4v) is 2.52. The summed E-state index contributed by atoms with van der Waals surface area (Å²) in [5.74, 6) is 0.283. The van der Waals surface area contributed by atoms with E-state index < -0.39 is 0 Å². The van der Waals surface area contributed by atoms with Gasteiger partial charge in [0.05, 0.1) is 12.2 Å². The van der Waals surface area contributed by atoms with Crippen molar-refractivity contribution < 1.29 is 4.79 Å². The molecule has 0 aliphatic carbocycles. The van der Waals surface area contributed by atoms with E-state index in [9.17, 15) is 4.79 Å². The molecule has 1 fully saturated rings. The second-order valence-corrected chi connectivity index (χ2v) is 5.11. The normalized spacial score (nSPS) is 24.6. The Morgan fingerprint density at radius 2 is 1.76 bits per heavy atom. The molecule has 3 nitrogen and oxygen atoms in total. The molecule has 2 unspecified atom stereocenters. The first kappa shape index (κ1) is 14.5. The molecule has 0 aromatic carbocycles. The molecule has 1 aliphatic heterocycles. The SMILES string of the molecule is CCCCCCCCN1C(=O)C(C)NC1CC. The van der Waals surface area contributed by atoms with Gasteiger partial charge in [0.15, 0.2) is 0 Å². The minimum Gasteiger partial charge on any atom is -0.326 e. The van der Waals surface area contributed by atoms with Crippen LogP contribution in [0, 0.1) is 0 Å². The lowest BCUT2D eigenvalue weighted by molar-refractivity contribution is -0.129. The quantitative estimate of drug-likeness (QED) is 0.662. The zero-order valence-electron chi connectivity index (χ0n) is 11.7. The molecule has 0 spiro atoms. The molecular weight excluding hydrogens is 212 g/mol. The van der Waals surface area contributed by atoms with Gasteiger partial charge < -0.3 is 4.90 Å². The Bertz CT molecular complexity index is 230. The summed E-state index contributed by atoms with van der Waals surface area (Å²) < 4.78 is 0. The van der Waals surface area contributed by atoms with Crippen LogP contribution in [0.3, 0.4) is 0 Å². The zero-order chi connectivity index (χ0) is 12.7. The van der Waals surface area contributed by atoms with Crippen molar-refractivity contribution in [3.63, 3.8) is 0 Å². The van der Waals surface area contributed by atoms with Crippen molar-refractivity contribution in [2.45, 2.75) is 77.9 Å². The average Bonchev–Trinajstić information content (AvgIpc) is 2.60. The van der Waals surface area contributed by atoms with Crippen molar-refractivity contribution in [1.29, 1.82) is 0 Å². The summed E-state index contributed by atoms with van der Waals surface area (Å²) in [7, 11) is 0. The molecule has 17 heavy (non-hydrogen) atoms. The van der Waals surface area contributed by atoms with Gasteiger partial charge in [-0.05, 0) is 19.8 Å². The summed E-state index contributed by atoms with van der Waals surface area (Å²) in [6.45, 7) is 7.27. The first-order valence-corrected chi connectivity index (χ1v) is 7.27. The number of amides is 1. The average molecular weight is 240 g/mol. The van der Waals surface area contributed by atoms with Gasteiger partial charge in [0.25, 0.3) is 0 Å². The molecule has 3 heteroatoms. The van der Waals surface area contributed by atoms with Crippen molar-refractivity contribution in [3.05, 3.63) is 0 Å². The van der Waals surface area contributed by atoms with E-state index in [0.29, 0.717) is 0 Å². The molecule has 1 heterocycles. The van der Waals surface area contributed by atoms with E-state index in [4.69, 9.17) is 0 Å². The monoisotopic (exact) mass is 240 g/mol. The molecule has 0 aromatic heterocycles. The number of hydrogen-bond acceptors (Lipinski definition) is 2. The Kier molecular flexibility index (Phi) is 6.56. The first-order valence-electron chi connectivity index (χ1n) is 7.27. The molecule has 0 bridgehead atoms. The van der Waals surface area contributed by atoms with E-state index in [1.807, 2.05) is 11.8 Å². The second-order valence-electron chi connectivity index (χ2n) is 5.11. The first-order chi connectivity index (χ1) is 8.20. The van der Waals surface area contributed by atoms with Gasteiger partial charge in [0.1, 0.15) is 0 Å². The molecule has 1 amide bonds. The van der Waals surface area contributed by atoms with Crippen molar-refractivity contribution in [3.8, 4) is 0 Å². The largest absolute Gasteiger partial charge is 0.326 e. The molecule has 0 aromatic rings. The van der Waals surface area contributed by atoms with Gasteiger partial charge in [0, 0.05) is 6.54 Å². The van der Waals surface area contributed by atoms with Crippen molar-refractivity contribution in [2.75, 3.05) is 6.54 Å². The predicted octanol–water partition coefficient (Wildman–Crippen LogP) is 2.90. The Balaban J connectivity index is 2.18. The van der Waals surface area contributed by atoms with E-state index in [2.05, 4.69) is 19.2 Å². The molecule has 0 radical (unpaired) electrons. The highest BCUT2D eigenvalue weighted by atomic mass is 16.2. The second kappa shape index (κ2) is 7.70. The summed E-state index contributed by atoms with van der Waals surface area (Å²) in [5.41, 5.74) is 0. The smallest absolute Gasteiger partial charge is 0.240 e. The summed E-state index contributed by atoms with van der Waals surface area (Å²) >= 11 is 0. The molecule has 100 valence electrons. The summed E-state index contributed by atoms with van der Waals surface area (Å²) in [5, 5.41) is 3.34. The number of carbonyl (C=O) groups excluding carboxylic acids is 1. The summed E-state index contributed by atoms with van der Waals surface area (Å²) in [6.07, 6.45) is 8.99. The van der Waals surface area contributed by atoms with Crippen molar-refractivity contribution in [2.24, 2.45) is 0 Å². The maximum Gasteiger partial charge on any atom is 0.240 e. The van der Waals surface area contributed by atoms with E-state index in [1.54, 1.807) is 0 Å². The third kappa shape index (κ3) is 4.30. The number of unbranched alkanes of at least 4 members (excludes halogenated alkanes) is 5. The molecule has 1 N–H and O–H groups in total. The Labute approximate surface area is 106 Å². The van der Waals surface area contributed by atoms with Gasteiger partial charge in [-0.3, -0.25) is 10.1 Å². The third-order valence-electron chi connectivity index (χ3n) is 3.61. The number of carbonyl (C=O) groups is 1. The van der Waals surface area contributed by atoms with Crippen LogP contribution in [0.25, 0.3) is 0 Å². The molecule has 0 saturated carbocycles. The van der Waals surface area contributed by atoms with Crippen LogP contribution in [0.4, 0.5) is 0 Å². The minimum atomic E-state index is 0.0139. The molecule has 2 atom stereocenters. The van der Waals surface area contributed by atoms with E-state index in [1.165, 1.54) is 32.1 Å². The highest BCUT2D eigenvalue weighted by Crippen LogP contribution is 2.15. The minimum absolute atomic E-state index is 0.0139. The predicted molar refractivity (Wildman–Crippen MR) is 71.8 cm³/mol. The van der Waals surface area contributed by atoms with Gasteiger partial charge in [-0.25, -0.2) is 0 Å². The maximum absolute atomic E-state index is 11.9. The van der Waals surface area contributed by atoms with Crippen LogP contribution in [0.1, 0.15) is 65.7 Å². The number of hydrogen-bond donors (Lipinski definition) is 1. The fraction of sp³-hybridized carbons (Fsp3) is 0.929. The third-order valence-corrected chi connectivity index (χ3v) is 3.61. The summed E-state index contributed by atoms with van der Waals surface area (Å²) in [6, 6.07) is 0.0139. The zero-order valence-corrected chi connectivity index (χ0v) is 11.7. The van der Waals surface area contributed by atoms with Crippen molar-refractivity contribution >= 4 is 5.91 Å². The Hall–Kier alpha value is -0.570. The molecular formula is C14H28N2O. The van der Waals surface area contributed by atoms with Crippen LogP contribution in [0.5, 0.6) is 0 Å². The van der Waals surface area contributed by atoms with Crippen molar-refractivity contribution in [1.82, 2.24) is 10.2 Å². The highest BCUT2D eigenvalue weighted by molar-refractivity contribution is 5.83. The van der Waals surface area contributed by atoms with Crippen LogP contribution >= 0.6 is 0 Å². The van der Waals surface area contributed by atoms with Gasteiger partial charge in [-0.2, -0.15) is 0 Å². The number of rotatable bonds is 8. The van der Waals surface area contributed by atoms with E-state index in [-0.39, 0.29) is 18.1 Å². The fourth-order valence-electron chi connectivity index (χ4n) is 2.52. The summed E-state index contributed by atoms with van der Waals surface area (Å²) in [4.78, 5) is 13.9. The lowest BCUT2D eigenvalue weighted by Gasteiger charge is -2.23. The van der Waals surface area contributed by atoms with Crippen LogP contribution in [-0.2, 0) is 4.79 Å². The standard InChI is InChI=1S/C14H28N2O/c1-4-6-7-8-9-10-11-16-13(5-2)15-12(3)14(16)17/h12-13,15H,4-11H2,1-3H3. The maximum atomic E-state index is 11.9. The molecule has 1 aliphatic rings. The lowest BCUT2D eigenvalue weighted by atomic mass is 10.1. The number of nitrogens with zero attached hydrogens (tertiary/aromatic N) is 1. The highest BCUT2D eigenvalue weighted by Gasteiger charge is 2.34. The van der Waals surface area contributed by atoms with Gasteiger partial charge in [-0.15, -0.1) is 0 Å². The van der Waals surface area contributed by atoms with Gasteiger partial charge in [0.2, 0.25) is 5.91 Å². The van der Waals surface area contributed by atoms with Crippen LogP contribution < -0.4 is 5.32 Å². The number of nitrogens with one attached hydrogen (secondary N) is 1. The van der Waals surface area contributed by atoms with Gasteiger partial charge in [-0.1, -0.05) is 46.0 Å². The van der Waals surface area contributed by atoms with E-state index >= 15 is 0 Å². The Morgan fingerprint density at radius 1 is 1.12 bits per heavy atom. The van der Waals surface area contributed by atoms with E-state index in [0.717, 1.165) is 19.4 Å². The molecule has 1 rings (SSSR count). The van der Waals surface area contributed by atoms with Crippen LogP contribution in [-0.4, -0.2) is 29.6 Å². The van der Waals surface area contributed by atoms with Crippen LogP contribution in [0.15, 0.2) is 0 Å². The Morgan fingerprint density at radius 3 is 2.41 bits per heavy atom. The lowest BCUT2D eigenvalue weighted by Crippen LogP contribution is -2.37. The van der Waals surface area contributed by atoms with Crippen LogP contribution in [0.2, 0.25) is 0 Å². The van der Waals surface area contributed by atoms with Gasteiger partial charge >= 0.3 is 0 Å². The topological polar surface area (TPSA) is 32.3 Å².